The molecule has 2 amide bonds. The molecule has 2 aliphatic heterocycles. The lowest BCUT2D eigenvalue weighted by molar-refractivity contribution is -0.140. The van der Waals surface area contributed by atoms with Crippen molar-refractivity contribution in [1.29, 1.82) is 0 Å². The topological polar surface area (TPSA) is 49.9 Å². The molecule has 1 aromatic carbocycles. The van der Waals surface area contributed by atoms with Crippen LogP contribution in [0.25, 0.3) is 5.57 Å². The number of carbonyl (C=O) groups is 2. The second-order valence-electron chi connectivity index (χ2n) is 6.67. The van der Waals surface area contributed by atoms with Crippen molar-refractivity contribution in [2.75, 3.05) is 33.3 Å². The summed E-state index contributed by atoms with van der Waals surface area (Å²) in [5.74, 6) is 1.02. The lowest BCUT2D eigenvalue weighted by atomic mass is 9.99. The van der Waals surface area contributed by atoms with Crippen LogP contribution in [0.15, 0.2) is 30.3 Å². The van der Waals surface area contributed by atoms with Crippen molar-refractivity contribution in [3.05, 3.63) is 35.9 Å². The van der Waals surface area contributed by atoms with Gasteiger partial charge in [-0.25, -0.2) is 0 Å². The van der Waals surface area contributed by atoms with Gasteiger partial charge in [0.15, 0.2) is 0 Å². The molecule has 0 N–H and O–H groups in total. The number of amides is 2. The summed E-state index contributed by atoms with van der Waals surface area (Å²) in [5.41, 5.74) is 2.44. The van der Waals surface area contributed by atoms with E-state index < -0.39 is 0 Å². The monoisotopic (exact) mass is 342 g/mol. The predicted molar refractivity (Wildman–Crippen MR) is 97.2 cm³/mol. The molecule has 1 fully saturated rings. The highest BCUT2D eigenvalue weighted by Gasteiger charge is 2.23. The summed E-state index contributed by atoms with van der Waals surface area (Å²) < 4.78 is 5.19. The van der Waals surface area contributed by atoms with Crippen LogP contribution in [0.1, 0.15) is 37.7 Å². The van der Waals surface area contributed by atoms with Crippen LogP contribution in [0.2, 0.25) is 0 Å². The molecule has 0 radical (unpaired) electrons. The number of hydrogen-bond acceptors (Lipinski definition) is 3. The Morgan fingerprint density at radius 3 is 2.56 bits per heavy atom. The Labute approximate surface area is 149 Å². The fourth-order valence-electron chi connectivity index (χ4n) is 3.43. The van der Waals surface area contributed by atoms with Gasteiger partial charge >= 0.3 is 0 Å². The standard InChI is InChI=1S/C20H26N2O3/c1-25-18-8-6-16(7-9-18)17-10-13-21(14-11-17)20(24)15-22-12-4-2-3-5-19(22)23/h6-10H,2-5,11-15H2,1H3. The Bertz CT molecular complexity index is 651. The number of hydrogen-bond donors (Lipinski definition) is 0. The van der Waals surface area contributed by atoms with Crippen molar-refractivity contribution in [1.82, 2.24) is 9.80 Å². The van der Waals surface area contributed by atoms with Crippen molar-refractivity contribution >= 4 is 17.4 Å². The normalized spacial score (nSPS) is 18.6. The molecule has 25 heavy (non-hydrogen) atoms. The lowest BCUT2D eigenvalue weighted by Crippen LogP contribution is -2.44. The van der Waals surface area contributed by atoms with Gasteiger partial charge in [0.2, 0.25) is 11.8 Å². The van der Waals surface area contributed by atoms with Gasteiger partial charge in [-0.05, 0) is 42.5 Å². The first kappa shape index (κ1) is 17.5. The van der Waals surface area contributed by atoms with Crippen LogP contribution in [0, 0.1) is 0 Å². The first-order chi connectivity index (χ1) is 12.2. The largest absolute Gasteiger partial charge is 0.497 e. The number of methoxy groups -OCH3 is 1. The second kappa shape index (κ2) is 8.19. The molecule has 0 bridgehead atoms. The summed E-state index contributed by atoms with van der Waals surface area (Å²) in [6.07, 6.45) is 6.56. The van der Waals surface area contributed by atoms with Gasteiger partial charge in [0, 0.05) is 26.1 Å². The minimum Gasteiger partial charge on any atom is -0.497 e. The average Bonchev–Trinajstić information content (AvgIpc) is 2.86. The zero-order chi connectivity index (χ0) is 17.6. The third-order valence-corrected chi connectivity index (χ3v) is 5.02. The van der Waals surface area contributed by atoms with E-state index in [2.05, 4.69) is 18.2 Å². The van der Waals surface area contributed by atoms with E-state index in [4.69, 9.17) is 4.74 Å². The number of nitrogens with zero attached hydrogens (tertiary/aromatic N) is 2. The third-order valence-electron chi connectivity index (χ3n) is 5.02. The SMILES string of the molecule is COc1ccc(C2=CCN(C(=O)CN3CCCCCC3=O)CC2)cc1. The molecule has 5 heteroatoms. The minimum atomic E-state index is 0.0558. The molecule has 3 rings (SSSR count). The summed E-state index contributed by atoms with van der Waals surface area (Å²) in [7, 11) is 1.66. The molecule has 1 aromatic rings. The number of rotatable bonds is 4. The van der Waals surface area contributed by atoms with Gasteiger partial charge in [0.05, 0.1) is 13.7 Å². The first-order valence-corrected chi connectivity index (χ1v) is 9.06. The van der Waals surface area contributed by atoms with E-state index in [1.165, 1.54) is 11.1 Å². The second-order valence-corrected chi connectivity index (χ2v) is 6.67. The molecule has 0 aromatic heterocycles. The molecular formula is C20H26N2O3. The van der Waals surface area contributed by atoms with Crippen LogP contribution in [0.4, 0.5) is 0 Å². The molecule has 134 valence electrons. The third kappa shape index (κ3) is 4.41. The maximum absolute atomic E-state index is 12.5. The van der Waals surface area contributed by atoms with Gasteiger partial charge in [-0.2, -0.15) is 0 Å². The molecule has 0 aliphatic carbocycles. The quantitative estimate of drug-likeness (QED) is 0.845. The molecule has 5 nitrogen and oxygen atoms in total. The van der Waals surface area contributed by atoms with Crippen molar-refractivity contribution in [2.45, 2.75) is 32.1 Å². The molecule has 2 heterocycles. The van der Waals surface area contributed by atoms with Gasteiger partial charge in [-0.15, -0.1) is 0 Å². The van der Waals surface area contributed by atoms with E-state index in [1.54, 1.807) is 12.0 Å². The van der Waals surface area contributed by atoms with Crippen molar-refractivity contribution in [3.8, 4) is 5.75 Å². The first-order valence-electron chi connectivity index (χ1n) is 9.06. The zero-order valence-electron chi connectivity index (χ0n) is 14.9. The Hall–Kier alpha value is -2.30. The summed E-state index contributed by atoms with van der Waals surface area (Å²) in [6, 6.07) is 8.02. The van der Waals surface area contributed by atoms with E-state index in [0.29, 0.717) is 26.1 Å². The van der Waals surface area contributed by atoms with Gasteiger partial charge < -0.3 is 14.5 Å². The highest BCUT2D eigenvalue weighted by atomic mass is 16.5. The fourth-order valence-corrected chi connectivity index (χ4v) is 3.43. The number of likely N-dealkylation sites (tertiary alicyclic amines) is 1. The van der Waals surface area contributed by atoms with Crippen LogP contribution >= 0.6 is 0 Å². The van der Waals surface area contributed by atoms with Gasteiger partial charge in [0.25, 0.3) is 0 Å². The van der Waals surface area contributed by atoms with E-state index >= 15 is 0 Å². The highest BCUT2D eigenvalue weighted by molar-refractivity contribution is 5.85. The lowest BCUT2D eigenvalue weighted by Gasteiger charge is -2.29. The van der Waals surface area contributed by atoms with Crippen molar-refractivity contribution in [3.63, 3.8) is 0 Å². The Kier molecular flexibility index (Phi) is 5.74. The van der Waals surface area contributed by atoms with Crippen LogP contribution in [0.5, 0.6) is 5.75 Å². The van der Waals surface area contributed by atoms with Crippen molar-refractivity contribution in [2.24, 2.45) is 0 Å². The van der Waals surface area contributed by atoms with E-state index in [9.17, 15) is 9.59 Å². The number of carbonyl (C=O) groups excluding carboxylic acids is 2. The summed E-state index contributed by atoms with van der Waals surface area (Å²) in [4.78, 5) is 28.2. The maximum Gasteiger partial charge on any atom is 0.242 e. The minimum absolute atomic E-state index is 0.0558. The Morgan fingerprint density at radius 2 is 1.88 bits per heavy atom. The summed E-state index contributed by atoms with van der Waals surface area (Å²) in [6.45, 7) is 2.26. The van der Waals surface area contributed by atoms with Gasteiger partial charge in [-0.1, -0.05) is 24.6 Å². The molecule has 0 saturated carbocycles. The molecule has 0 spiro atoms. The molecule has 0 atom stereocenters. The molecule has 2 aliphatic rings. The zero-order valence-corrected chi connectivity index (χ0v) is 14.9. The highest BCUT2D eigenvalue weighted by Crippen LogP contribution is 2.24. The van der Waals surface area contributed by atoms with Crippen molar-refractivity contribution < 1.29 is 14.3 Å². The van der Waals surface area contributed by atoms with Crippen LogP contribution in [-0.2, 0) is 9.59 Å². The summed E-state index contributed by atoms with van der Waals surface area (Å²) >= 11 is 0. The molecule has 0 unspecified atom stereocenters. The molecule has 1 saturated heterocycles. The Morgan fingerprint density at radius 1 is 1.08 bits per heavy atom. The average molecular weight is 342 g/mol. The summed E-state index contributed by atoms with van der Waals surface area (Å²) in [5, 5.41) is 0. The van der Waals surface area contributed by atoms with Crippen LogP contribution < -0.4 is 4.74 Å². The number of benzene rings is 1. The fraction of sp³-hybridized carbons (Fsp3) is 0.500. The van der Waals surface area contributed by atoms with E-state index in [-0.39, 0.29) is 18.4 Å². The van der Waals surface area contributed by atoms with Crippen LogP contribution in [-0.4, -0.2) is 54.9 Å². The predicted octanol–water partition coefficient (Wildman–Crippen LogP) is 2.71. The van der Waals surface area contributed by atoms with E-state index in [1.807, 2.05) is 17.0 Å². The maximum atomic E-state index is 12.5. The van der Waals surface area contributed by atoms with Gasteiger partial charge in [0.1, 0.15) is 5.75 Å². The van der Waals surface area contributed by atoms with Gasteiger partial charge in [-0.3, -0.25) is 9.59 Å². The Balaban J connectivity index is 1.57. The molecular weight excluding hydrogens is 316 g/mol. The smallest absolute Gasteiger partial charge is 0.242 e. The number of ether oxygens (including phenoxy) is 1. The van der Waals surface area contributed by atoms with E-state index in [0.717, 1.165) is 31.4 Å². The van der Waals surface area contributed by atoms with Crippen LogP contribution in [0.3, 0.4) is 0 Å².